The van der Waals surface area contributed by atoms with Gasteiger partial charge in [-0.3, -0.25) is 15.1 Å². The number of hydrazine groups is 1. The van der Waals surface area contributed by atoms with Crippen LogP contribution in [0.3, 0.4) is 0 Å². The number of nitrogens with zero attached hydrogens (tertiary/aromatic N) is 1. The molecule has 0 aliphatic rings. The first-order valence-electron chi connectivity index (χ1n) is 4.00. The highest BCUT2D eigenvalue weighted by molar-refractivity contribution is 5.82. The molecule has 1 amide bonds. The molecule has 84 valence electrons. The number of hydrogen-bond acceptors (Lipinski definition) is 4. The fraction of sp³-hybridized carbons (Fsp3) is 0.857. The van der Waals surface area contributed by atoms with E-state index in [1.807, 2.05) is 0 Å². The second-order valence-corrected chi connectivity index (χ2v) is 2.91. The minimum atomic E-state index is -3.47. The minimum absolute atomic E-state index is 0.323. The average molecular weight is 211 g/mol. The van der Waals surface area contributed by atoms with Gasteiger partial charge >= 0.3 is 11.8 Å². The van der Waals surface area contributed by atoms with Gasteiger partial charge in [0.15, 0.2) is 0 Å². The molecule has 0 fully saturated rings. The molecule has 0 aromatic heterocycles. The van der Waals surface area contributed by atoms with Crippen LogP contribution in [0.4, 0.5) is 8.78 Å². The highest BCUT2D eigenvalue weighted by Gasteiger charge is 2.39. The van der Waals surface area contributed by atoms with E-state index in [9.17, 15) is 13.6 Å². The van der Waals surface area contributed by atoms with Gasteiger partial charge in [-0.25, -0.2) is 5.84 Å². The van der Waals surface area contributed by atoms with Gasteiger partial charge in [-0.05, 0) is 7.05 Å². The first-order valence-corrected chi connectivity index (χ1v) is 4.00. The summed E-state index contributed by atoms with van der Waals surface area (Å²) in [5.41, 5.74) is 1.42. The van der Waals surface area contributed by atoms with E-state index in [1.165, 1.54) is 24.5 Å². The molecule has 0 unspecified atom stereocenters. The van der Waals surface area contributed by atoms with E-state index in [0.717, 1.165) is 0 Å². The third-order valence-corrected chi connectivity index (χ3v) is 1.61. The van der Waals surface area contributed by atoms with Gasteiger partial charge in [-0.2, -0.15) is 8.78 Å². The molecule has 0 rings (SSSR count). The van der Waals surface area contributed by atoms with Crippen LogP contribution < -0.4 is 11.3 Å². The number of halogens is 2. The Kier molecular flexibility index (Phi) is 5.51. The second-order valence-electron chi connectivity index (χ2n) is 2.91. The quantitative estimate of drug-likeness (QED) is 0.342. The first kappa shape index (κ1) is 13.2. The molecule has 3 N–H and O–H groups in total. The predicted molar refractivity (Wildman–Crippen MR) is 46.7 cm³/mol. The monoisotopic (exact) mass is 211 g/mol. The molecule has 14 heavy (non-hydrogen) atoms. The van der Waals surface area contributed by atoms with Crippen LogP contribution in [-0.2, 0) is 9.53 Å². The molecular formula is C7H15F2N3O2. The number of likely N-dealkylation sites (N-methyl/N-ethyl adjacent to an activating group) is 1. The van der Waals surface area contributed by atoms with Crippen molar-refractivity contribution in [1.82, 2.24) is 10.3 Å². The van der Waals surface area contributed by atoms with Gasteiger partial charge < -0.3 is 4.74 Å². The van der Waals surface area contributed by atoms with Crippen molar-refractivity contribution in [1.29, 1.82) is 0 Å². The number of carbonyl (C=O) groups is 1. The van der Waals surface area contributed by atoms with Crippen LogP contribution in [0.25, 0.3) is 0 Å². The zero-order valence-corrected chi connectivity index (χ0v) is 8.22. The standard InChI is InChI=1S/C7H15F2N3O2/c1-12(3-4-14-2)5-7(8,9)6(13)11-10/h3-5,10H2,1-2H3,(H,11,13). The lowest BCUT2D eigenvalue weighted by Crippen LogP contribution is -2.49. The van der Waals surface area contributed by atoms with Crippen molar-refractivity contribution in [3.05, 3.63) is 0 Å². The van der Waals surface area contributed by atoms with Gasteiger partial charge in [-0.1, -0.05) is 0 Å². The topological polar surface area (TPSA) is 67.6 Å². The van der Waals surface area contributed by atoms with Gasteiger partial charge in [0.1, 0.15) is 0 Å². The number of hydrogen-bond donors (Lipinski definition) is 2. The van der Waals surface area contributed by atoms with E-state index in [0.29, 0.717) is 13.2 Å². The lowest BCUT2D eigenvalue weighted by Gasteiger charge is -2.21. The maximum atomic E-state index is 12.9. The fourth-order valence-corrected chi connectivity index (χ4v) is 0.843. The van der Waals surface area contributed by atoms with E-state index in [1.54, 1.807) is 0 Å². The summed E-state index contributed by atoms with van der Waals surface area (Å²) >= 11 is 0. The average Bonchev–Trinajstić information content (AvgIpc) is 2.12. The normalized spacial score (nSPS) is 11.9. The highest BCUT2D eigenvalue weighted by Crippen LogP contribution is 2.14. The van der Waals surface area contributed by atoms with Crippen molar-refractivity contribution in [2.24, 2.45) is 5.84 Å². The van der Waals surface area contributed by atoms with Crippen LogP contribution in [0.2, 0.25) is 0 Å². The lowest BCUT2D eigenvalue weighted by molar-refractivity contribution is -0.148. The molecule has 7 heteroatoms. The maximum absolute atomic E-state index is 12.9. The zero-order valence-electron chi connectivity index (χ0n) is 8.22. The number of ether oxygens (including phenoxy) is 1. The number of nitrogens with two attached hydrogens (primary N) is 1. The highest BCUT2D eigenvalue weighted by atomic mass is 19.3. The number of methoxy groups -OCH3 is 1. The van der Waals surface area contributed by atoms with Gasteiger partial charge in [0.2, 0.25) is 0 Å². The van der Waals surface area contributed by atoms with E-state index in [4.69, 9.17) is 4.74 Å². The summed E-state index contributed by atoms with van der Waals surface area (Å²) in [5.74, 6) is -0.348. The van der Waals surface area contributed by atoms with E-state index in [-0.39, 0.29) is 0 Å². The molecule has 5 nitrogen and oxygen atoms in total. The van der Waals surface area contributed by atoms with E-state index < -0.39 is 18.4 Å². The third-order valence-electron chi connectivity index (χ3n) is 1.61. The summed E-state index contributed by atoms with van der Waals surface area (Å²) in [7, 11) is 2.94. The molecule has 0 bridgehead atoms. The predicted octanol–water partition coefficient (Wildman–Crippen LogP) is -0.810. The van der Waals surface area contributed by atoms with Gasteiger partial charge in [0, 0.05) is 13.7 Å². The molecule has 0 radical (unpaired) electrons. The lowest BCUT2D eigenvalue weighted by atomic mass is 10.3. The van der Waals surface area contributed by atoms with E-state index >= 15 is 0 Å². The minimum Gasteiger partial charge on any atom is -0.383 e. The number of nitrogens with one attached hydrogen (secondary N) is 1. The second kappa shape index (κ2) is 5.84. The fourth-order valence-electron chi connectivity index (χ4n) is 0.843. The first-order chi connectivity index (χ1) is 6.44. The smallest absolute Gasteiger partial charge is 0.338 e. The number of rotatable bonds is 6. The number of carbonyl (C=O) groups excluding carboxylic acids is 1. The summed E-state index contributed by atoms with van der Waals surface area (Å²) < 4.78 is 30.5. The van der Waals surface area contributed by atoms with Crippen LogP contribution in [-0.4, -0.2) is 50.6 Å². The van der Waals surface area contributed by atoms with Gasteiger partial charge in [0.05, 0.1) is 13.2 Å². The van der Waals surface area contributed by atoms with Crippen LogP contribution in [0.1, 0.15) is 0 Å². The molecule has 0 aromatic rings. The van der Waals surface area contributed by atoms with Crippen molar-refractivity contribution in [3.8, 4) is 0 Å². The molecule has 0 saturated carbocycles. The molecule has 0 aromatic carbocycles. The van der Waals surface area contributed by atoms with Crippen molar-refractivity contribution >= 4 is 5.91 Å². The Labute approximate surface area is 81.2 Å². The van der Waals surface area contributed by atoms with Crippen LogP contribution >= 0.6 is 0 Å². The Morgan fingerprint density at radius 2 is 2.21 bits per heavy atom. The Bertz CT molecular complexity index is 190. The molecular weight excluding hydrogens is 196 g/mol. The van der Waals surface area contributed by atoms with Crippen molar-refractivity contribution in [2.75, 3.05) is 33.9 Å². The van der Waals surface area contributed by atoms with Gasteiger partial charge in [-0.15, -0.1) is 0 Å². The Balaban J connectivity index is 4.01. The number of alkyl halides is 2. The summed E-state index contributed by atoms with van der Waals surface area (Å²) in [6.07, 6.45) is 0. The number of amides is 1. The third kappa shape index (κ3) is 4.45. The van der Waals surface area contributed by atoms with Gasteiger partial charge in [0.25, 0.3) is 0 Å². The molecule has 0 spiro atoms. The molecule has 0 heterocycles. The van der Waals surface area contributed by atoms with E-state index in [2.05, 4.69) is 5.84 Å². The maximum Gasteiger partial charge on any atom is 0.338 e. The molecule has 0 saturated heterocycles. The summed E-state index contributed by atoms with van der Waals surface area (Å²) in [5, 5.41) is 0. The Morgan fingerprint density at radius 3 is 2.64 bits per heavy atom. The van der Waals surface area contributed by atoms with Crippen LogP contribution in [0, 0.1) is 0 Å². The van der Waals surface area contributed by atoms with Crippen LogP contribution in [0.5, 0.6) is 0 Å². The molecule has 0 aliphatic carbocycles. The summed E-state index contributed by atoms with van der Waals surface area (Å²) in [6, 6.07) is 0. The molecule has 0 atom stereocenters. The largest absolute Gasteiger partial charge is 0.383 e. The summed E-state index contributed by atoms with van der Waals surface area (Å²) in [4.78, 5) is 11.9. The van der Waals surface area contributed by atoms with Crippen molar-refractivity contribution < 1.29 is 18.3 Å². The van der Waals surface area contributed by atoms with Crippen LogP contribution in [0.15, 0.2) is 0 Å². The molecule has 0 aliphatic heterocycles. The zero-order chi connectivity index (χ0) is 11.2. The van der Waals surface area contributed by atoms with Crippen molar-refractivity contribution in [3.63, 3.8) is 0 Å². The summed E-state index contributed by atoms with van der Waals surface area (Å²) in [6.45, 7) is -0.0276. The SMILES string of the molecule is COCCN(C)CC(F)(F)C(=O)NN. The Morgan fingerprint density at radius 1 is 1.64 bits per heavy atom. The Hall–Kier alpha value is -0.790. The van der Waals surface area contributed by atoms with Crippen molar-refractivity contribution in [2.45, 2.75) is 5.92 Å².